The largest absolute Gasteiger partial charge is 0.393 e. The topological polar surface area (TPSA) is 18.5 Å². The first-order valence-electron chi connectivity index (χ1n) is 7.62. The van der Waals surface area contributed by atoms with Gasteiger partial charge in [0, 0.05) is 18.2 Å². The highest BCUT2D eigenvalue weighted by Gasteiger charge is 2.14. The van der Waals surface area contributed by atoms with Gasteiger partial charge in [-0.15, -0.1) is 0 Å². The van der Waals surface area contributed by atoms with Crippen molar-refractivity contribution < 1.29 is 8.85 Å². The molecule has 0 spiro atoms. The molecular formula is C16H26ClO2Si. The van der Waals surface area contributed by atoms with E-state index in [1.54, 1.807) is 0 Å². The van der Waals surface area contributed by atoms with Gasteiger partial charge in [-0.2, -0.15) is 0 Å². The average Bonchev–Trinajstić information content (AvgIpc) is 2.45. The Morgan fingerprint density at radius 2 is 1.75 bits per heavy atom. The maximum atomic E-state index is 5.99. The minimum atomic E-state index is -1.06. The Morgan fingerprint density at radius 1 is 1.05 bits per heavy atom. The van der Waals surface area contributed by atoms with Crippen molar-refractivity contribution in [3.05, 3.63) is 34.9 Å². The number of rotatable bonds is 11. The third-order valence-electron chi connectivity index (χ3n) is 2.92. The van der Waals surface area contributed by atoms with Crippen molar-refractivity contribution in [2.75, 3.05) is 13.2 Å². The second-order valence-electron chi connectivity index (χ2n) is 4.91. The van der Waals surface area contributed by atoms with Gasteiger partial charge in [0.05, 0.1) is 0 Å². The number of halogens is 1. The number of aryl methyl sites for hydroxylation is 1. The molecule has 113 valence electrons. The SMILES string of the molecule is CCCO[Si](CCCCc1cccc(Cl)c1)OCCC. The van der Waals surface area contributed by atoms with E-state index in [1.165, 1.54) is 12.0 Å². The van der Waals surface area contributed by atoms with Crippen LogP contribution in [0.4, 0.5) is 0 Å². The predicted octanol–water partition coefficient (Wildman–Crippen LogP) is 5.00. The zero-order valence-electron chi connectivity index (χ0n) is 12.7. The first-order chi connectivity index (χ1) is 9.76. The first kappa shape index (κ1) is 17.7. The molecule has 0 saturated heterocycles. The third kappa shape index (κ3) is 8.05. The standard InChI is InChI=1S/C16H26ClO2Si/c1-3-11-18-20(19-12-4-2)13-6-5-8-15-9-7-10-16(17)14-15/h7,9-10,14H,3-6,8,11-13H2,1-2H3. The molecule has 0 aliphatic heterocycles. The van der Waals surface area contributed by atoms with E-state index in [4.69, 9.17) is 20.5 Å². The summed E-state index contributed by atoms with van der Waals surface area (Å²) < 4.78 is 11.6. The van der Waals surface area contributed by atoms with E-state index in [2.05, 4.69) is 26.0 Å². The smallest absolute Gasteiger partial charge is 0.384 e. The van der Waals surface area contributed by atoms with Gasteiger partial charge in [0.2, 0.25) is 0 Å². The second kappa shape index (κ2) is 11.3. The molecule has 0 N–H and O–H groups in total. The monoisotopic (exact) mass is 313 g/mol. The van der Waals surface area contributed by atoms with Crippen LogP contribution >= 0.6 is 11.6 Å². The first-order valence-corrected chi connectivity index (χ1v) is 9.52. The van der Waals surface area contributed by atoms with Crippen molar-refractivity contribution in [3.8, 4) is 0 Å². The predicted molar refractivity (Wildman–Crippen MR) is 87.4 cm³/mol. The third-order valence-corrected chi connectivity index (χ3v) is 4.97. The van der Waals surface area contributed by atoms with Gasteiger partial charge in [-0.25, -0.2) is 0 Å². The lowest BCUT2D eigenvalue weighted by molar-refractivity contribution is 0.195. The Hall–Kier alpha value is -0.353. The molecule has 0 amide bonds. The van der Waals surface area contributed by atoms with Crippen LogP contribution in [0.15, 0.2) is 24.3 Å². The Labute approximate surface area is 130 Å². The molecule has 0 bridgehead atoms. The Kier molecular flexibility index (Phi) is 10.0. The Morgan fingerprint density at radius 3 is 2.35 bits per heavy atom. The molecular weight excluding hydrogens is 288 g/mol. The van der Waals surface area contributed by atoms with Crippen LogP contribution in [0.2, 0.25) is 11.1 Å². The molecule has 0 atom stereocenters. The minimum Gasteiger partial charge on any atom is -0.393 e. The molecule has 1 aromatic carbocycles. The van der Waals surface area contributed by atoms with Crippen LogP contribution in [-0.4, -0.2) is 22.5 Å². The van der Waals surface area contributed by atoms with Crippen molar-refractivity contribution in [1.82, 2.24) is 0 Å². The van der Waals surface area contributed by atoms with E-state index >= 15 is 0 Å². The van der Waals surface area contributed by atoms with Gasteiger partial charge in [-0.3, -0.25) is 0 Å². The number of unbranched alkanes of at least 4 members (excludes halogenated alkanes) is 1. The van der Waals surface area contributed by atoms with Gasteiger partial charge >= 0.3 is 9.28 Å². The van der Waals surface area contributed by atoms with Gasteiger partial charge in [0.1, 0.15) is 0 Å². The van der Waals surface area contributed by atoms with E-state index in [0.717, 1.165) is 50.0 Å². The average molecular weight is 314 g/mol. The highest BCUT2D eigenvalue weighted by molar-refractivity contribution is 6.44. The zero-order chi connectivity index (χ0) is 14.6. The second-order valence-corrected chi connectivity index (χ2v) is 7.16. The highest BCUT2D eigenvalue weighted by Crippen LogP contribution is 2.14. The summed E-state index contributed by atoms with van der Waals surface area (Å²) in [6.07, 6.45) is 5.53. The molecule has 0 heterocycles. The van der Waals surface area contributed by atoms with E-state index in [-0.39, 0.29) is 0 Å². The summed E-state index contributed by atoms with van der Waals surface area (Å²) in [7, 11) is -1.06. The summed E-state index contributed by atoms with van der Waals surface area (Å²) in [6, 6.07) is 9.20. The van der Waals surface area contributed by atoms with Gasteiger partial charge in [-0.1, -0.05) is 44.0 Å². The van der Waals surface area contributed by atoms with Gasteiger partial charge < -0.3 is 8.85 Å². The van der Waals surface area contributed by atoms with E-state index in [1.807, 2.05) is 12.1 Å². The molecule has 1 aromatic rings. The molecule has 1 radical (unpaired) electrons. The number of hydrogen-bond acceptors (Lipinski definition) is 2. The number of benzene rings is 1. The van der Waals surface area contributed by atoms with Crippen LogP contribution in [-0.2, 0) is 15.3 Å². The summed E-state index contributed by atoms with van der Waals surface area (Å²) in [5.74, 6) is 0. The maximum Gasteiger partial charge on any atom is 0.384 e. The van der Waals surface area contributed by atoms with Crippen LogP contribution in [0.5, 0.6) is 0 Å². The van der Waals surface area contributed by atoms with Crippen LogP contribution in [0.25, 0.3) is 0 Å². The lowest BCUT2D eigenvalue weighted by Gasteiger charge is -2.14. The van der Waals surface area contributed by atoms with Gasteiger partial charge in [0.25, 0.3) is 0 Å². The molecule has 4 heteroatoms. The molecule has 2 nitrogen and oxygen atoms in total. The lowest BCUT2D eigenvalue weighted by Crippen LogP contribution is -2.23. The molecule has 0 fully saturated rings. The highest BCUT2D eigenvalue weighted by atomic mass is 35.5. The summed E-state index contributed by atoms with van der Waals surface area (Å²) in [5, 5.41) is 0.824. The fourth-order valence-electron chi connectivity index (χ4n) is 1.91. The number of hydrogen-bond donors (Lipinski definition) is 0. The Bertz CT molecular complexity index is 352. The van der Waals surface area contributed by atoms with E-state index < -0.39 is 9.28 Å². The van der Waals surface area contributed by atoms with Crippen molar-refractivity contribution in [1.29, 1.82) is 0 Å². The summed E-state index contributed by atoms with van der Waals surface area (Å²) in [5.41, 5.74) is 1.32. The molecule has 0 aliphatic carbocycles. The van der Waals surface area contributed by atoms with Gasteiger partial charge in [-0.05, 0) is 49.4 Å². The van der Waals surface area contributed by atoms with Crippen LogP contribution < -0.4 is 0 Å². The van der Waals surface area contributed by atoms with Crippen molar-refractivity contribution >= 4 is 20.9 Å². The van der Waals surface area contributed by atoms with Crippen molar-refractivity contribution in [3.63, 3.8) is 0 Å². The van der Waals surface area contributed by atoms with Gasteiger partial charge in [0.15, 0.2) is 0 Å². The molecule has 0 aromatic heterocycles. The quantitative estimate of drug-likeness (QED) is 0.422. The maximum absolute atomic E-state index is 5.99. The molecule has 0 unspecified atom stereocenters. The summed E-state index contributed by atoms with van der Waals surface area (Å²) >= 11 is 5.99. The molecule has 1 rings (SSSR count). The lowest BCUT2D eigenvalue weighted by atomic mass is 10.1. The van der Waals surface area contributed by atoms with Crippen molar-refractivity contribution in [2.24, 2.45) is 0 Å². The summed E-state index contributed by atoms with van der Waals surface area (Å²) in [4.78, 5) is 0. The minimum absolute atomic E-state index is 0.824. The summed E-state index contributed by atoms with van der Waals surface area (Å²) in [6.45, 7) is 5.93. The normalized spacial score (nSPS) is 11.2. The van der Waals surface area contributed by atoms with E-state index in [0.29, 0.717) is 0 Å². The van der Waals surface area contributed by atoms with E-state index in [9.17, 15) is 0 Å². The molecule has 20 heavy (non-hydrogen) atoms. The zero-order valence-corrected chi connectivity index (χ0v) is 14.4. The fraction of sp³-hybridized carbons (Fsp3) is 0.625. The van der Waals surface area contributed by atoms with Crippen LogP contribution in [0.1, 0.15) is 45.1 Å². The van der Waals surface area contributed by atoms with Crippen molar-refractivity contribution in [2.45, 2.75) is 52.0 Å². The molecule has 0 aliphatic rings. The van der Waals surface area contributed by atoms with Crippen LogP contribution in [0.3, 0.4) is 0 Å². The fourth-order valence-corrected chi connectivity index (χ4v) is 3.90. The Balaban J connectivity index is 2.21. The van der Waals surface area contributed by atoms with Crippen LogP contribution in [0, 0.1) is 0 Å². The molecule has 0 saturated carbocycles.